The van der Waals surface area contributed by atoms with Crippen LogP contribution in [0, 0.1) is 0 Å². The first kappa shape index (κ1) is 89.8. The minimum absolute atomic E-state index is 0.0392. The van der Waals surface area contributed by atoms with E-state index >= 15 is 0 Å². The van der Waals surface area contributed by atoms with Gasteiger partial charge in [-0.05, 0) is 98.8 Å². The van der Waals surface area contributed by atoms with Crippen LogP contribution in [-0.2, 0) is 16.1 Å². The lowest BCUT2D eigenvalue weighted by Crippen LogP contribution is -2.72. The van der Waals surface area contributed by atoms with Crippen molar-refractivity contribution in [1.82, 2.24) is 0 Å². The number of esters is 3. The van der Waals surface area contributed by atoms with Gasteiger partial charge in [0.25, 0.3) is 0 Å². The largest absolute Gasteiger partial charge is 0.494 e. The second-order valence-electron chi connectivity index (χ2n) is 23.8. The van der Waals surface area contributed by atoms with Crippen LogP contribution >= 0.6 is 0 Å². The lowest BCUT2D eigenvalue weighted by Gasteiger charge is -2.41. The van der Waals surface area contributed by atoms with E-state index in [0.717, 1.165) is 57.8 Å². The first-order valence-electron chi connectivity index (χ1n) is 31.6. The van der Waals surface area contributed by atoms with E-state index in [9.17, 15) is 146 Å². The molecule has 0 heterocycles. The number of carbonyl (C=O) groups excluding carboxylic acids is 3. The van der Waals surface area contributed by atoms with Crippen LogP contribution in [-0.4, -0.2) is 115 Å². The Morgan fingerprint density at radius 1 is 0.314 bits per heavy atom. The van der Waals surface area contributed by atoms with Crippen molar-refractivity contribution >= 4 is 17.9 Å². The molecule has 0 amide bonds. The minimum Gasteiger partial charge on any atom is -0.494 e. The summed E-state index contributed by atoms with van der Waals surface area (Å²) in [6.45, 7) is 1.55. The molecule has 3 aromatic carbocycles. The van der Waals surface area contributed by atoms with Crippen molar-refractivity contribution in [3.8, 4) is 23.0 Å². The Morgan fingerprint density at radius 2 is 0.608 bits per heavy atom. The van der Waals surface area contributed by atoms with E-state index in [0.29, 0.717) is 6.42 Å². The van der Waals surface area contributed by atoms with Crippen LogP contribution in [0.3, 0.4) is 0 Å². The normalized spacial score (nSPS) is 13.9. The second kappa shape index (κ2) is 36.0. The molecule has 3 aromatic rings. The summed E-state index contributed by atoms with van der Waals surface area (Å²) in [5.41, 5.74) is -0.0542. The lowest BCUT2D eigenvalue weighted by atomic mass is 9.89. The average molecular weight is 1540 g/mol. The number of hydrogen-bond acceptors (Lipinski definition) is 8. The molecule has 584 valence electrons. The Hall–Kier alpha value is -6.43. The maximum atomic E-state index is 14.2. The third-order valence-corrected chi connectivity index (χ3v) is 15.8. The number of unbranched alkanes of at least 4 members (excludes halogenated alkanes) is 19. The quantitative estimate of drug-likeness (QED) is 0.0239. The summed E-state index contributed by atoms with van der Waals surface area (Å²) in [7, 11) is 0. The minimum atomic E-state index is -8.35. The van der Waals surface area contributed by atoms with Crippen molar-refractivity contribution in [1.29, 1.82) is 0 Å². The van der Waals surface area contributed by atoms with Crippen LogP contribution in [0.25, 0.3) is 0 Å². The van der Waals surface area contributed by atoms with E-state index in [-0.39, 0.29) is 111 Å². The number of ether oxygens (including phenoxy) is 5. The fourth-order valence-corrected chi connectivity index (χ4v) is 9.52. The molecule has 0 radical (unpaired) electrons. The maximum absolute atomic E-state index is 14.2. The highest BCUT2D eigenvalue weighted by Gasteiger charge is 2.94. The molecule has 0 saturated carbocycles. The summed E-state index contributed by atoms with van der Waals surface area (Å²) >= 11 is 0. The zero-order valence-corrected chi connectivity index (χ0v) is 53.8. The Kier molecular flexibility index (Phi) is 31.7. The third-order valence-electron chi connectivity index (χ3n) is 15.8. The maximum Gasteiger partial charge on any atom is 0.460 e. The topological polar surface area (TPSA) is 97.4 Å². The molecule has 0 spiro atoms. The Morgan fingerprint density at radius 3 is 0.961 bits per heavy atom. The molecule has 102 heavy (non-hydrogen) atoms. The van der Waals surface area contributed by atoms with Gasteiger partial charge >= 0.3 is 101 Å². The van der Waals surface area contributed by atoms with Crippen LogP contribution < -0.4 is 18.9 Å². The summed E-state index contributed by atoms with van der Waals surface area (Å²) in [5, 5.41) is 0. The van der Waals surface area contributed by atoms with Gasteiger partial charge in [-0.15, -0.1) is 0 Å². The van der Waals surface area contributed by atoms with Gasteiger partial charge < -0.3 is 23.7 Å². The number of benzene rings is 3. The van der Waals surface area contributed by atoms with E-state index in [2.05, 4.69) is 6.92 Å². The van der Waals surface area contributed by atoms with Crippen LogP contribution in [0.1, 0.15) is 194 Å². The fourth-order valence-electron chi connectivity index (χ4n) is 9.52. The number of halogens is 30. The van der Waals surface area contributed by atoms with Gasteiger partial charge in [0.1, 0.15) is 29.6 Å². The lowest BCUT2D eigenvalue weighted by molar-refractivity contribution is -0.452. The highest BCUT2D eigenvalue weighted by molar-refractivity contribution is 5.92. The van der Waals surface area contributed by atoms with Crippen molar-refractivity contribution in [2.45, 2.75) is 257 Å². The van der Waals surface area contributed by atoms with Crippen molar-refractivity contribution in [3.05, 3.63) is 83.4 Å². The average Bonchev–Trinajstić information content (AvgIpc) is 0.709. The standard InChI is InChI=1S/C64H70F30O8/c1-2-3-4-5-6-7-8-9-14-19-24-48(95)100-40-43-39-46(101-49(96)41-25-29-44(30-26-41)98-37-22-17-12-10-15-20-35-51(65,66)53(69,70)55(73,74)57(77,78)59(81,82)61(85,86)63(89,90)91)33-34-47(43)102-50(97)42-27-31-45(32-28-42)99-38-23-18-13-11-16-21-36-52(67,68)54(71,72)56(75,76)58(79,80)60(83,84)62(87,88)64(92,93)94/h25-34,39H,2-24,35-38,40H2,1H3. The number of alkyl halides is 30. The first-order valence-corrected chi connectivity index (χ1v) is 31.6. The van der Waals surface area contributed by atoms with E-state index in [1.54, 1.807) is 0 Å². The van der Waals surface area contributed by atoms with Gasteiger partial charge in [-0.25, -0.2) is 9.59 Å². The van der Waals surface area contributed by atoms with Crippen molar-refractivity contribution in [2.75, 3.05) is 13.2 Å². The van der Waals surface area contributed by atoms with Gasteiger partial charge in [0.15, 0.2) is 0 Å². The summed E-state index contributed by atoms with van der Waals surface area (Å²) in [6.07, 6.45) is -12.7. The number of hydrogen-bond donors (Lipinski definition) is 0. The Bertz CT molecular complexity index is 3080. The predicted molar refractivity (Wildman–Crippen MR) is 303 cm³/mol. The van der Waals surface area contributed by atoms with Gasteiger partial charge in [0.2, 0.25) is 0 Å². The smallest absolute Gasteiger partial charge is 0.460 e. The molecule has 0 saturated heterocycles. The molecule has 38 heteroatoms. The molecular formula is C64H70F30O8. The molecular weight excluding hydrogens is 1470 g/mol. The van der Waals surface area contributed by atoms with E-state index in [4.69, 9.17) is 23.7 Å². The number of rotatable bonds is 47. The summed E-state index contributed by atoms with van der Waals surface area (Å²) in [5.74, 6) is -95.9. The van der Waals surface area contributed by atoms with E-state index < -0.39 is 146 Å². The van der Waals surface area contributed by atoms with Gasteiger partial charge in [0.05, 0.1) is 24.3 Å². The molecule has 0 aliphatic heterocycles. The molecule has 0 aromatic heterocycles. The molecule has 0 N–H and O–H groups in total. The second-order valence-corrected chi connectivity index (χ2v) is 23.8. The first-order chi connectivity index (χ1) is 46.7. The van der Waals surface area contributed by atoms with Crippen LogP contribution in [0.2, 0.25) is 0 Å². The zero-order chi connectivity index (χ0) is 77.9. The highest BCUT2D eigenvalue weighted by atomic mass is 19.4. The van der Waals surface area contributed by atoms with Crippen molar-refractivity contribution in [3.63, 3.8) is 0 Å². The Balaban J connectivity index is 1.55. The van der Waals surface area contributed by atoms with Gasteiger partial charge in [-0.1, -0.05) is 116 Å². The molecule has 0 unspecified atom stereocenters. The summed E-state index contributed by atoms with van der Waals surface area (Å²) in [4.78, 5) is 39.5. The van der Waals surface area contributed by atoms with Gasteiger partial charge in [-0.3, -0.25) is 4.79 Å². The summed E-state index contributed by atoms with van der Waals surface area (Å²) < 4.78 is 432. The fraction of sp³-hybridized carbons (Fsp3) is 0.672. The van der Waals surface area contributed by atoms with Crippen LogP contribution in [0.15, 0.2) is 66.7 Å². The molecule has 0 fully saturated rings. The Labute approximate surface area is 563 Å². The predicted octanol–water partition coefficient (Wildman–Crippen LogP) is 23.4. The molecule has 0 aliphatic rings. The summed E-state index contributed by atoms with van der Waals surface area (Å²) in [6, 6.07) is 14.1. The molecule has 3 rings (SSSR count). The monoisotopic (exact) mass is 1540 g/mol. The van der Waals surface area contributed by atoms with E-state index in [1.807, 2.05) is 0 Å². The van der Waals surface area contributed by atoms with Gasteiger partial charge in [0, 0.05) is 24.8 Å². The van der Waals surface area contributed by atoms with Crippen LogP contribution in [0.5, 0.6) is 23.0 Å². The molecule has 0 atom stereocenters. The SMILES string of the molecule is CCCCCCCCCCCCC(=O)OCc1cc(OC(=O)c2ccc(OCCCCCCCCC(F)(F)C(F)(F)C(F)(F)C(F)(F)C(F)(F)C(F)(F)C(F)(F)F)cc2)ccc1OC(=O)c1ccc(OCCCCCCCCC(F)(F)C(F)(F)C(F)(F)C(F)(F)C(F)(F)C(F)(F)C(F)(F)F)cc1. The van der Waals surface area contributed by atoms with Crippen molar-refractivity contribution in [2.24, 2.45) is 0 Å². The van der Waals surface area contributed by atoms with Crippen LogP contribution in [0.4, 0.5) is 132 Å². The molecule has 0 aliphatic carbocycles. The zero-order valence-electron chi connectivity index (χ0n) is 53.8. The highest BCUT2D eigenvalue weighted by Crippen LogP contribution is 2.65. The van der Waals surface area contributed by atoms with Gasteiger partial charge in [-0.2, -0.15) is 132 Å². The van der Waals surface area contributed by atoms with Crippen molar-refractivity contribution < 1.29 is 170 Å². The number of carbonyl (C=O) groups is 3. The molecule has 0 bridgehead atoms. The molecule has 8 nitrogen and oxygen atoms in total. The third kappa shape index (κ3) is 21.4. The van der Waals surface area contributed by atoms with E-state index in [1.165, 1.54) is 66.7 Å².